The molecule has 0 saturated heterocycles. The third kappa shape index (κ3) is 4.51. The Bertz CT molecular complexity index is 1370. The van der Waals surface area contributed by atoms with Crippen molar-refractivity contribution in [1.29, 1.82) is 0 Å². The molecule has 0 atom stereocenters. The van der Waals surface area contributed by atoms with Crippen molar-refractivity contribution in [3.63, 3.8) is 0 Å². The van der Waals surface area contributed by atoms with Gasteiger partial charge in [-0.15, -0.1) is 11.3 Å². The Morgan fingerprint density at radius 2 is 2.03 bits per heavy atom. The summed E-state index contributed by atoms with van der Waals surface area (Å²) < 4.78 is 29.5. The molecule has 0 radical (unpaired) electrons. The van der Waals surface area contributed by atoms with E-state index >= 15 is 0 Å². The summed E-state index contributed by atoms with van der Waals surface area (Å²) in [4.78, 5) is 5.58. The fourth-order valence-electron chi connectivity index (χ4n) is 3.23. The predicted octanol–water partition coefficient (Wildman–Crippen LogP) is 4.36. The minimum Gasteiger partial charge on any atom is -0.507 e. The van der Waals surface area contributed by atoms with E-state index in [9.17, 15) is 13.5 Å². The number of thiophene rings is 1. The molecule has 11 heteroatoms. The van der Waals surface area contributed by atoms with Crippen molar-refractivity contribution in [2.45, 2.75) is 17.6 Å². The van der Waals surface area contributed by atoms with Gasteiger partial charge in [0.1, 0.15) is 15.8 Å². The highest BCUT2D eigenvalue weighted by Crippen LogP contribution is 2.31. The number of anilines is 1. The molecule has 0 aliphatic carbocycles. The molecule has 0 aliphatic heterocycles. The van der Waals surface area contributed by atoms with Gasteiger partial charge in [-0.05, 0) is 53.5 Å². The molecule has 2 N–H and O–H groups in total. The van der Waals surface area contributed by atoms with Crippen LogP contribution in [0.5, 0.6) is 5.75 Å². The van der Waals surface area contributed by atoms with Gasteiger partial charge in [0, 0.05) is 36.6 Å². The largest absolute Gasteiger partial charge is 0.507 e. The van der Waals surface area contributed by atoms with Crippen molar-refractivity contribution in [1.82, 2.24) is 18.9 Å². The Kier molecular flexibility index (Phi) is 6.52. The van der Waals surface area contributed by atoms with Gasteiger partial charge in [0.15, 0.2) is 5.65 Å². The van der Waals surface area contributed by atoms with E-state index in [0.29, 0.717) is 46.4 Å². The second-order valence-corrected chi connectivity index (χ2v) is 11.7. The van der Waals surface area contributed by atoms with Gasteiger partial charge >= 0.3 is 0 Å². The molecule has 0 fully saturated rings. The summed E-state index contributed by atoms with van der Waals surface area (Å²) in [5.74, 6) is 0.833. The number of nitrogens with zero attached hydrogens (tertiary/aromatic N) is 4. The van der Waals surface area contributed by atoms with Crippen LogP contribution in [0, 0.1) is 6.92 Å². The Morgan fingerprint density at radius 1 is 1.25 bits per heavy atom. The minimum atomic E-state index is -3.48. The van der Waals surface area contributed by atoms with Gasteiger partial charge in [-0.1, -0.05) is 12.1 Å². The van der Waals surface area contributed by atoms with Crippen LogP contribution in [0.2, 0.25) is 0 Å². The number of fused-ring (bicyclic) bond motifs is 1. The van der Waals surface area contributed by atoms with Gasteiger partial charge in [0.05, 0.1) is 16.4 Å². The highest BCUT2D eigenvalue weighted by Gasteiger charge is 2.22. The second kappa shape index (κ2) is 9.18. The molecular weight excluding hydrogens is 514 g/mol. The zero-order valence-electron chi connectivity index (χ0n) is 17.5. The van der Waals surface area contributed by atoms with Crippen molar-refractivity contribution >= 4 is 48.8 Å². The SMILES string of the molecule is Cc1ccc(S(=O)(=O)N(C)CCCNc2cc(-c3ccccc3O)nc3c(Br)cnn23)s1. The molecule has 168 valence electrons. The maximum atomic E-state index is 12.7. The Labute approximate surface area is 198 Å². The monoisotopic (exact) mass is 535 g/mol. The zero-order valence-corrected chi connectivity index (χ0v) is 20.7. The molecule has 3 heterocycles. The van der Waals surface area contributed by atoms with Gasteiger partial charge in [-0.2, -0.15) is 9.61 Å². The lowest BCUT2D eigenvalue weighted by Crippen LogP contribution is -2.28. The lowest BCUT2D eigenvalue weighted by Gasteiger charge is -2.16. The third-order valence-electron chi connectivity index (χ3n) is 4.94. The number of phenolic OH excluding ortho intramolecular Hbond substituents is 1. The number of aryl methyl sites for hydroxylation is 1. The molecule has 0 saturated carbocycles. The number of sulfonamides is 1. The number of halogens is 1. The minimum absolute atomic E-state index is 0.140. The number of aromatic nitrogens is 3. The van der Waals surface area contributed by atoms with Crippen LogP contribution in [-0.2, 0) is 10.0 Å². The lowest BCUT2D eigenvalue weighted by molar-refractivity contribution is 0.467. The van der Waals surface area contributed by atoms with E-state index in [-0.39, 0.29) is 5.75 Å². The normalized spacial score (nSPS) is 12.0. The summed E-state index contributed by atoms with van der Waals surface area (Å²) in [5.41, 5.74) is 1.83. The van der Waals surface area contributed by atoms with Gasteiger partial charge < -0.3 is 10.4 Å². The fraction of sp³-hybridized carbons (Fsp3) is 0.238. The van der Waals surface area contributed by atoms with Gasteiger partial charge in [-0.25, -0.2) is 17.7 Å². The Hall–Kier alpha value is -2.47. The number of nitrogens with one attached hydrogen (secondary N) is 1. The maximum Gasteiger partial charge on any atom is 0.252 e. The number of aromatic hydroxyl groups is 1. The van der Waals surface area contributed by atoms with Crippen molar-refractivity contribution in [2.75, 3.05) is 25.5 Å². The lowest BCUT2D eigenvalue weighted by atomic mass is 10.1. The molecule has 1 aromatic carbocycles. The second-order valence-electron chi connectivity index (χ2n) is 7.24. The van der Waals surface area contributed by atoms with Gasteiger partial charge in [0.2, 0.25) is 0 Å². The number of phenols is 1. The highest BCUT2D eigenvalue weighted by atomic mass is 79.9. The van der Waals surface area contributed by atoms with E-state index in [1.54, 1.807) is 42.0 Å². The number of hydrogen-bond donors (Lipinski definition) is 2. The summed E-state index contributed by atoms with van der Waals surface area (Å²) in [6.07, 6.45) is 2.25. The first-order valence-corrected chi connectivity index (χ1v) is 12.9. The number of para-hydroxylation sites is 1. The molecule has 0 spiro atoms. The third-order valence-corrected chi connectivity index (χ3v) is 8.83. The topological polar surface area (TPSA) is 99.8 Å². The summed E-state index contributed by atoms with van der Waals surface area (Å²) in [6.45, 7) is 2.79. The van der Waals surface area contributed by atoms with Crippen molar-refractivity contribution in [2.24, 2.45) is 0 Å². The molecule has 4 rings (SSSR count). The Balaban J connectivity index is 1.49. The smallest absolute Gasteiger partial charge is 0.252 e. The van der Waals surface area contributed by atoms with Crippen molar-refractivity contribution in [3.8, 4) is 17.0 Å². The molecule has 8 nitrogen and oxygen atoms in total. The molecule has 0 aliphatic rings. The molecule has 3 aromatic heterocycles. The Morgan fingerprint density at radius 3 is 2.75 bits per heavy atom. The zero-order chi connectivity index (χ0) is 22.9. The quantitative estimate of drug-likeness (QED) is 0.325. The molecule has 4 aromatic rings. The molecule has 0 unspecified atom stereocenters. The predicted molar refractivity (Wildman–Crippen MR) is 130 cm³/mol. The first-order valence-electron chi connectivity index (χ1n) is 9.86. The van der Waals surface area contributed by atoms with Crippen LogP contribution < -0.4 is 5.32 Å². The average Bonchev–Trinajstić information content (AvgIpc) is 3.37. The summed E-state index contributed by atoms with van der Waals surface area (Å²) >= 11 is 4.74. The molecular formula is C21H22BrN5O3S2. The van der Waals surface area contributed by atoms with Gasteiger partial charge in [0.25, 0.3) is 10.0 Å². The molecule has 32 heavy (non-hydrogen) atoms. The molecule has 0 amide bonds. The molecule has 0 bridgehead atoms. The first-order chi connectivity index (χ1) is 15.3. The van der Waals surface area contributed by atoms with Crippen LogP contribution in [0.15, 0.2) is 57.3 Å². The fourth-order valence-corrected chi connectivity index (χ4v) is 6.28. The average molecular weight is 536 g/mol. The first kappa shape index (κ1) is 22.7. The number of hydrogen-bond acceptors (Lipinski definition) is 7. The maximum absolute atomic E-state index is 12.7. The highest BCUT2D eigenvalue weighted by molar-refractivity contribution is 9.10. The van der Waals surface area contributed by atoms with Crippen LogP contribution in [0.25, 0.3) is 16.9 Å². The standard InChI is InChI=1S/C21H22BrN5O3S2/c1-14-8-9-20(31-14)32(29,30)26(2)11-5-10-23-19-12-17(15-6-3-4-7-18(15)28)25-21-16(22)13-24-27(19)21/h3-4,6-9,12-13,23,28H,5,10-11H2,1-2H3. The number of rotatable bonds is 8. The summed E-state index contributed by atoms with van der Waals surface area (Å²) in [6, 6.07) is 12.3. The summed E-state index contributed by atoms with van der Waals surface area (Å²) in [5, 5.41) is 17.9. The van der Waals surface area contributed by atoms with Crippen LogP contribution >= 0.6 is 27.3 Å². The van der Waals surface area contributed by atoms with E-state index in [0.717, 1.165) is 9.35 Å². The van der Waals surface area contributed by atoms with Crippen molar-refractivity contribution < 1.29 is 13.5 Å². The number of benzene rings is 1. The van der Waals surface area contributed by atoms with E-state index in [4.69, 9.17) is 0 Å². The van der Waals surface area contributed by atoms with E-state index in [1.807, 2.05) is 25.1 Å². The van der Waals surface area contributed by atoms with Crippen LogP contribution in [0.3, 0.4) is 0 Å². The van der Waals surface area contributed by atoms with Gasteiger partial charge in [-0.3, -0.25) is 0 Å². The summed E-state index contributed by atoms with van der Waals surface area (Å²) in [7, 11) is -1.89. The van der Waals surface area contributed by atoms with Crippen LogP contribution in [-0.4, -0.2) is 52.6 Å². The van der Waals surface area contributed by atoms with E-state index < -0.39 is 10.0 Å². The van der Waals surface area contributed by atoms with E-state index in [2.05, 4.69) is 31.3 Å². The van der Waals surface area contributed by atoms with Crippen molar-refractivity contribution in [3.05, 3.63) is 58.0 Å². The van der Waals surface area contributed by atoms with Crippen LogP contribution in [0.1, 0.15) is 11.3 Å². The van der Waals surface area contributed by atoms with E-state index in [1.165, 1.54) is 15.6 Å². The van der Waals surface area contributed by atoms with Crippen LogP contribution in [0.4, 0.5) is 5.82 Å².